The fourth-order valence-electron chi connectivity index (χ4n) is 1.84. The van der Waals surface area contributed by atoms with Crippen LogP contribution in [0.3, 0.4) is 0 Å². The summed E-state index contributed by atoms with van der Waals surface area (Å²) in [5.41, 5.74) is 0. The molecule has 0 radical (unpaired) electrons. The monoisotopic (exact) mass is 196 g/mol. The molecule has 0 aliphatic carbocycles. The van der Waals surface area contributed by atoms with Crippen LogP contribution in [0.2, 0.25) is 5.02 Å². The first-order chi connectivity index (χ1) is 6.29. The number of halogens is 1. The predicted octanol–water partition coefficient (Wildman–Crippen LogP) is 2.72. The minimum atomic E-state index is 0.576. The third-order valence-electron chi connectivity index (χ3n) is 2.56. The molecule has 1 aromatic heterocycles. The van der Waals surface area contributed by atoms with Gasteiger partial charge >= 0.3 is 0 Å². The molecule has 0 bridgehead atoms. The van der Waals surface area contributed by atoms with Crippen LogP contribution in [-0.2, 0) is 0 Å². The van der Waals surface area contributed by atoms with E-state index < -0.39 is 0 Å². The lowest BCUT2D eigenvalue weighted by molar-refractivity contribution is 0.727. The first-order valence-corrected chi connectivity index (χ1v) is 5.04. The van der Waals surface area contributed by atoms with E-state index in [0.717, 1.165) is 17.4 Å². The highest BCUT2D eigenvalue weighted by Gasteiger charge is 2.22. The van der Waals surface area contributed by atoms with E-state index in [2.05, 4.69) is 16.8 Å². The van der Waals surface area contributed by atoms with Gasteiger partial charge in [-0.3, -0.25) is 0 Å². The number of aromatic nitrogens is 1. The highest BCUT2D eigenvalue weighted by molar-refractivity contribution is 6.32. The maximum atomic E-state index is 6.07. The van der Waals surface area contributed by atoms with Gasteiger partial charge in [-0.05, 0) is 31.9 Å². The first kappa shape index (κ1) is 8.82. The van der Waals surface area contributed by atoms with Crippen molar-refractivity contribution in [2.45, 2.75) is 25.8 Å². The van der Waals surface area contributed by atoms with Crippen LogP contribution in [0.1, 0.15) is 19.8 Å². The molecule has 1 aromatic rings. The predicted molar refractivity (Wildman–Crippen MR) is 55.3 cm³/mol. The quantitative estimate of drug-likeness (QED) is 0.687. The van der Waals surface area contributed by atoms with E-state index in [0.29, 0.717) is 6.04 Å². The summed E-state index contributed by atoms with van der Waals surface area (Å²) in [4.78, 5) is 6.58. The molecule has 70 valence electrons. The lowest BCUT2D eigenvalue weighted by Crippen LogP contribution is -2.27. The van der Waals surface area contributed by atoms with Crippen molar-refractivity contribution in [3.05, 3.63) is 23.4 Å². The van der Waals surface area contributed by atoms with Crippen LogP contribution in [0.25, 0.3) is 0 Å². The van der Waals surface area contributed by atoms with Gasteiger partial charge in [0.05, 0.1) is 5.02 Å². The summed E-state index contributed by atoms with van der Waals surface area (Å²) in [5, 5.41) is 0.760. The molecule has 2 heterocycles. The lowest BCUT2D eigenvalue weighted by atomic mass is 10.2. The van der Waals surface area contributed by atoms with Crippen LogP contribution >= 0.6 is 11.6 Å². The Bertz CT molecular complexity index is 301. The zero-order valence-electron chi connectivity index (χ0n) is 7.70. The molecule has 2 nitrogen and oxygen atoms in total. The SMILES string of the molecule is CC1CCCN1c1ncccc1Cl. The Labute approximate surface area is 83.5 Å². The van der Waals surface area contributed by atoms with Gasteiger partial charge in [0.25, 0.3) is 0 Å². The van der Waals surface area contributed by atoms with Gasteiger partial charge in [0.15, 0.2) is 0 Å². The lowest BCUT2D eigenvalue weighted by Gasteiger charge is -2.23. The summed E-state index contributed by atoms with van der Waals surface area (Å²) in [6, 6.07) is 4.34. The molecule has 0 N–H and O–H groups in total. The Hall–Kier alpha value is -0.760. The average molecular weight is 197 g/mol. The molecule has 1 saturated heterocycles. The van der Waals surface area contributed by atoms with E-state index in [1.807, 2.05) is 12.1 Å². The van der Waals surface area contributed by atoms with E-state index in [1.54, 1.807) is 6.20 Å². The maximum Gasteiger partial charge on any atom is 0.147 e. The van der Waals surface area contributed by atoms with E-state index >= 15 is 0 Å². The number of rotatable bonds is 1. The van der Waals surface area contributed by atoms with Crippen molar-refractivity contribution in [3.63, 3.8) is 0 Å². The molecule has 1 unspecified atom stereocenters. The van der Waals surface area contributed by atoms with Crippen LogP contribution in [0.4, 0.5) is 5.82 Å². The summed E-state index contributed by atoms with van der Waals surface area (Å²) in [6.07, 6.45) is 4.28. The van der Waals surface area contributed by atoms with Gasteiger partial charge in [0, 0.05) is 18.8 Å². The zero-order valence-corrected chi connectivity index (χ0v) is 8.46. The third kappa shape index (κ3) is 1.63. The van der Waals surface area contributed by atoms with Gasteiger partial charge in [0.1, 0.15) is 5.82 Å². The molecule has 1 atom stereocenters. The number of hydrogen-bond acceptors (Lipinski definition) is 2. The van der Waals surface area contributed by atoms with Crippen molar-refractivity contribution in [2.75, 3.05) is 11.4 Å². The maximum absolute atomic E-state index is 6.07. The van der Waals surface area contributed by atoms with Gasteiger partial charge in [-0.1, -0.05) is 11.6 Å². The van der Waals surface area contributed by atoms with Crippen molar-refractivity contribution in [3.8, 4) is 0 Å². The van der Waals surface area contributed by atoms with Crippen molar-refractivity contribution in [2.24, 2.45) is 0 Å². The average Bonchev–Trinajstić information content (AvgIpc) is 2.52. The van der Waals surface area contributed by atoms with Crippen LogP contribution in [-0.4, -0.2) is 17.6 Å². The molecular weight excluding hydrogens is 184 g/mol. The number of nitrogens with zero attached hydrogens (tertiary/aromatic N) is 2. The van der Waals surface area contributed by atoms with Gasteiger partial charge in [-0.15, -0.1) is 0 Å². The van der Waals surface area contributed by atoms with Crippen molar-refractivity contribution >= 4 is 17.4 Å². The first-order valence-electron chi connectivity index (χ1n) is 4.66. The molecule has 1 fully saturated rings. The van der Waals surface area contributed by atoms with Crippen molar-refractivity contribution < 1.29 is 0 Å². The van der Waals surface area contributed by atoms with Gasteiger partial charge in [0.2, 0.25) is 0 Å². The number of anilines is 1. The Balaban J connectivity index is 2.29. The Morgan fingerprint density at radius 2 is 2.46 bits per heavy atom. The topological polar surface area (TPSA) is 16.1 Å². The fourth-order valence-corrected chi connectivity index (χ4v) is 2.07. The van der Waals surface area contributed by atoms with Gasteiger partial charge < -0.3 is 4.90 Å². The standard InChI is InChI=1S/C10H13ClN2/c1-8-4-3-7-13(8)10-9(11)5-2-6-12-10/h2,5-6,8H,3-4,7H2,1H3. The summed E-state index contributed by atoms with van der Waals surface area (Å²) < 4.78 is 0. The Morgan fingerprint density at radius 3 is 3.08 bits per heavy atom. The van der Waals surface area contributed by atoms with Crippen LogP contribution in [0.15, 0.2) is 18.3 Å². The fraction of sp³-hybridized carbons (Fsp3) is 0.500. The Morgan fingerprint density at radius 1 is 1.62 bits per heavy atom. The summed E-state index contributed by atoms with van der Waals surface area (Å²) >= 11 is 6.07. The highest BCUT2D eigenvalue weighted by atomic mass is 35.5. The largest absolute Gasteiger partial charge is 0.353 e. The Kier molecular flexibility index (Phi) is 2.40. The van der Waals surface area contributed by atoms with E-state index in [-0.39, 0.29) is 0 Å². The number of hydrogen-bond donors (Lipinski definition) is 0. The van der Waals surface area contributed by atoms with Crippen LogP contribution in [0.5, 0.6) is 0 Å². The van der Waals surface area contributed by atoms with E-state index in [4.69, 9.17) is 11.6 Å². The van der Waals surface area contributed by atoms with Crippen molar-refractivity contribution in [1.82, 2.24) is 4.98 Å². The van der Waals surface area contributed by atoms with E-state index in [1.165, 1.54) is 12.8 Å². The van der Waals surface area contributed by atoms with Crippen molar-refractivity contribution in [1.29, 1.82) is 0 Å². The second-order valence-corrected chi connectivity index (χ2v) is 3.90. The summed E-state index contributed by atoms with van der Waals surface area (Å²) in [6.45, 7) is 3.30. The zero-order chi connectivity index (χ0) is 9.26. The second-order valence-electron chi connectivity index (χ2n) is 3.49. The molecule has 1 aliphatic heterocycles. The summed E-state index contributed by atoms with van der Waals surface area (Å²) in [7, 11) is 0. The minimum Gasteiger partial charge on any atom is -0.353 e. The molecule has 13 heavy (non-hydrogen) atoms. The molecule has 0 saturated carbocycles. The molecular formula is C10H13ClN2. The molecule has 2 rings (SSSR count). The third-order valence-corrected chi connectivity index (χ3v) is 2.86. The molecule has 1 aliphatic rings. The molecule has 3 heteroatoms. The van der Waals surface area contributed by atoms with Crippen LogP contribution < -0.4 is 4.90 Å². The summed E-state index contributed by atoms with van der Waals surface area (Å²) in [5.74, 6) is 0.939. The van der Waals surface area contributed by atoms with E-state index in [9.17, 15) is 0 Å². The molecule has 0 amide bonds. The molecule has 0 aromatic carbocycles. The minimum absolute atomic E-state index is 0.576. The van der Waals surface area contributed by atoms with Crippen LogP contribution in [0, 0.1) is 0 Å². The number of pyridine rings is 1. The smallest absolute Gasteiger partial charge is 0.147 e. The van der Waals surface area contributed by atoms with Gasteiger partial charge in [-0.2, -0.15) is 0 Å². The molecule has 0 spiro atoms. The normalized spacial score (nSPS) is 22.3. The van der Waals surface area contributed by atoms with Gasteiger partial charge in [-0.25, -0.2) is 4.98 Å². The highest BCUT2D eigenvalue weighted by Crippen LogP contribution is 2.28. The second kappa shape index (κ2) is 3.54.